The minimum Gasteiger partial charge on any atom is -0.344 e. The molecule has 2 aliphatic rings. The van der Waals surface area contributed by atoms with Gasteiger partial charge in [0.25, 0.3) is 0 Å². The number of amides is 3. The summed E-state index contributed by atoms with van der Waals surface area (Å²) in [5, 5.41) is 14.0. The molecular weight excluding hydrogens is 500 g/mol. The van der Waals surface area contributed by atoms with E-state index in [1.54, 1.807) is 0 Å². The van der Waals surface area contributed by atoms with Crippen LogP contribution in [0.2, 0.25) is 0 Å². The van der Waals surface area contributed by atoms with Crippen molar-refractivity contribution in [3.63, 3.8) is 0 Å². The zero-order valence-corrected chi connectivity index (χ0v) is 24.7. The van der Waals surface area contributed by atoms with Crippen molar-refractivity contribution in [2.24, 2.45) is 5.92 Å². The van der Waals surface area contributed by atoms with Crippen molar-refractivity contribution in [2.75, 3.05) is 92.9 Å². The summed E-state index contributed by atoms with van der Waals surface area (Å²) in [6, 6.07) is 0. The second-order valence-electron chi connectivity index (χ2n) is 10.0. The molecule has 2 saturated heterocycles. The van der Waals surface area contributed by atoms with Crippen LogP contribution in [0.25, 0.3) is 0 Å². The maximum atomic E-state index is 11.4. The van der Waals surface area contributed by atoms with Crippen molar-refractivity contribution in [1.82, 2.24) is 41.3 Å². The molecule has 12 nitrogen and oxygen atoms in total. The van der Waals surface area contributed by atoms with Gasteiger partial charge in [-0.3, -0.25) is 14.4 Å². The van der Waals surface area contributed by atoms with E-state index in [4.69, 9.17) is 0 Å². The molecule has 0 aromatic heterocycles. The van der Waals surface area contributed by atoms with E-state index in [2.05, 4.69) is 68.8 Å². The van der Waals surface area contributed by atoms with Gasteiger partial charge >= 0.3 is 0 Å². The molecule has 0 saturated carbocycles. The third kappa shape index (κ3) is 23.2. The molecule has 3 amide bonds. The van der Waals surface area contributed by atoms with E-state index in [-0.39, 0.29) is 24.4 Å². The van der Waals surface area contributed by atoms with Gasteiger partial charge in [-0.15, -0.1) is 0 Å². The molecule has 2 rings (SSSR count). The quantitative estimate of drug-likeness (QED) is 0.106. The third-order valence-electron chi connectivity index (χ3n) is 6.17. The molecule has 226 valence electrons. The molecule has 0 radical (unpaired) electrons. The molecule has 5 N–H and O–H groups in total. The molecule has 0 aromatic rings. The molecule has 12 heteroatoms. The van der Waals surface area contributed by atoms with Crippen LogP contribution >= 0.6 is 0 Å². The first-order chi connectivity index (χ1) is 18.7. The number of aldehydes is 1. The predicted octanol–water partition coefficient (Wildman–Crippen LogP) is -0.804. The Hall–Kier alpha value is -2.38. The van der Waals surface area contributed by atoms with E-state index in [1.807, 2.05) is 7.05 Å². The molecule has 2 fully saturated rings. The maximum Gasteiger partial charge on any atom is 0.244 e. The average Bonchev–Trinajstić information content (AvgIpc) is 2.94. The molecule has 39 heavy (non-hydrogen) atoms. The second-order valence-corrected chi connectivity index (χ2v) is 10.0. The minimum atomic E-state index is -0.285. The van der Waals surface area contributed by atoms with E-state index in [1.165, 1.54) is 6.08 Å². The van der Waals surface area contributed by atoms with Crippen LogP contribution in [0.15, 0.2) is 12.7 Å². The van der Waals surface area contributed by atoms with Crippen molar-refractivity contribution in [2.45, 2.75) is 39.5 Å². The zero-order chi connectivity index (χ0) is 29.3. The van der Waals surface area contributed by atoms with Gasteiger partial charge in [0.15, 0.2) is 0 Å². The monoisotopic (exact) mass is 554 g/mol. The fourth-order valence-electron chi connectivity index (χ4n) is 3.59. The normalized spacial score (nSPS) is 16.1. The lowest BCUT2D eigenvalue weighted by molar-refractivity contribution is -0.122. The van der Waals surface area contributed by atoms with Gasteiger partial charge in [0, 0.05) is 84.7 Å². The minimum absolute atomic E-state index is 0.0482. The van der Waals surface area contributed by atoms with Crippen LogP contribution in [-0.4, -0.2) is 132 Å². The highest BCUT2D eigenvalue weighted by Gasteiger charge is 2.12. The number of carbonyl (C=O) groups excluding carboxylic acids is 4. The van der Waals surface area contributed by atoms with Gasteiger partial charge in [0.05, 0.1) is 13.3 Å². The Bertz CT molecular complexity index is 679. The Morgan fingerprint density at radius 3 is 2.03 bits per heavy atom. The Morgan fingerprint density at radius 1 is 0.872 bits per heavy atom. The molecule has 2 aliphatic heterocycles. The van der Waals surface area contributed by atoms with Gasteiger partial charge in [0.1, 0.15) is 6.29 Å². The summed E-state index contributed by atoms with van der Waals surface area (Å²) in [6.45, 7) is 18.4. The van der Waals surface area contributed by atoms with Gasteiger partial charge in [-0.2, -0.15) is 0 Å². The van der Waals surface area contributed by atoms with Crippen molar-refractivity contribution >= 4 is 24.0 Å². The molecule has 0 atom stereocenters. The van der Waals surface area contributed by atoms with E-state index in [9.17, 15) is 19.2 Å². The lowest BCUT2D eigenvalue weighted by atomic mass is 10.1. The highest BCUT2D eigenvalue weighted by atomic mass is 16.2. The van der Waals surface area contributed by atoms with Crippen LogP contribution in [0.3, 0.4) is 0 Å². The van der Waals surface area contributed by atoms with Crippen LogP contribution in [-0.2, 0) is 19.2 Å². The number of hydrogen-bond acceptors (Lipinski definition) is 9. The SMILES string of the molecule is C=CC(=O)NCNC(=O)CCN1CCNCC1.CN1CCN(CCC=O)CC1.CNCNC(=O)CCC(C)C. The van der Waals surface area contributed by atoms with E-state index < -0.39 is 0 Å². The van der Waals surface area contributed by atoms with Gasteiger partial charge < -0.3 is 46.1 Å². The van der Waals surface area contributed by atoms with Crippen molar-refractivity contribution in [3.8, 4) is 0 Å². The predicted molar refractivity (Wildman–Crippen MR) is 156 cm³/mol. The topological polar surface area (TPSA) is 138 Å². The molecule has 0 unspecified atom stereocenters. The molecule has 0 aromatic carbocycles. The van der Waals surface area contributed by atoms with Gasteiger partial charge in [-0.25, -0.2) is 0 Å². The largest absolute Gasteiger partial charge is 0.344 e. The lowest BCUT2D eigenvalue weighted by Crippen LogP contribution is -2.45. The first kappa shape index (κ1) is 36.6. The maximum absolute atomic E-state index is 11.4. The van der Waals surface area contributed by atoms with Crippen molar-refractivity contribution in [3.05, 3.63) is 12.7 Å². The van der Waals surface area contributed by atoms with Crippen LogP contribution < -0.4 is 26.6 Å². The number of hydrogen-bond donors (Lipinski definition) is 5. The third-order valence-corrected chi connectivity index (χ3v) is 6.17. The summed E-state index contributed by atoms with van der Waals surface area (Å²) in [5.74, 6) is 0.406. The number of piperazine rings is 2. The van der Waals surface area contributed by atoms with Gasteiger partial charge in [-0.05, 0) is 32.5 Å². The highest BCUT2D eigenvalue weighted by Crippen LogP contribution is 2.02. The fraction of sp³-hybridized carbons (Fsp3) is 0.778. The van der Waals surface area contributed by atoms with E-state index in [0.29, 0.717) is 31.8 Å². The van der Waals surface area contributed by atoms with Gasteiger partial charge in [-0.1, -0.05) is 20.4 Å². The molecule has 0 aliphatic carbocycles. The van der Waals surface area contributed by atoms with E-state index >= 15 is 0 Å². The van der Waals surface area contributed by atoms with E-state index in [0.717, 1.165) is 78.2 Å². The number of rotatable bonds is 14. The molecule has 0 bridgehead atoms. The summed E-state index contributed by atoms with van der Waals surface area (Å²) < 4.78 is 0. The zero-order valence-electron chi connectivity index (χ0n) is 24.7. The summed E-state index contributed by atoms with van der Waals surface area (Å²) in [7, 11) is 3.94. The summed E-state index contributed by atoms with van der Waals surface area (Å²) in [4.78, 5) is 50.2. The summed E-state index contributed by atoms with van der Waals surface area (Å²) in [5.41, 5.74) is 0. The molecule has 2 heterocycles. The average molecular weight is 555 g/mol. The number of carbonyl (C=O) groups is 4. The van der Waals surface area contributed by atoms with Crippen molar-refractivity contribution in [1.29, 1.82) is 0 Å². The second kappa shape index (κ2) is 24.6. The summed E-state index contributed by atoms with van der Waals surface area (Å²) >= 11 is 0. The number of nitrogens with one attached hydrogen (secondary N) is 5. The molecule has 0 spiro atoms. The Balaban J connectivity index is 0.000000579. The highest BCUT2D eigenvalue weighted by molar-refractivity contribution is 5.87. The van der Waals surface area contributed by atoms with Crippen LogP contribution in [0.4, 0.5) is 0 Å². The van der Waals surface area contributed by atoms with Crippen LogP contribution in [0, 0.1) is 5.92 Å². The Labute approximate surface area is 235 Å². The Kier molecular flexibility index (Phi) is 23.1. The van der Waals surface area contributed by atoms with Crippen LogP contribution in [0.1, 0.15) is 39.5 Å². The first-order valence-electron chi connectivity index (χ1n) is 14.1. The Morgan fingerprint density at radius 2 is 1.46 bits per heavy atom. The fourth-order valence-corrected chi connectivity index (χ4v) is 3.59. The smallest absolute Gasteiger partial charge is 0.244 e. The van der Waals surface area contributed by atoms with Crippen LogP contribution in [0.5, 0.6) is 0 Å². The van der Waals surface area contributed by atoms with Crippen molar-refractivity contribution < 1.29 is 19.2 Å². The summed E-state index contributed by atoms with van der Waals surface area (Å²) in [6.07, 6.45) is 4.92. The molecular formula is C27H54N8O4. The standard InChI is InChI=1S/C11H20N4O2.C8H16N2O.C8H18N2O/c1-2-10(16)13-9-14-11(17)3-6-15-7-4-12-5-8-15;1-9-4-6-10(7-5-9)3-2-8-11;1-7(2)4-5-8(11)10-6-9-3/h2,12H,1,3-9H2,(H,13,16)(H,14,17);8H,2-7H2,1H3;7,9H,4-6H2,1-3H3,(H,10,11). The number of likely N-dealkylation sites (N-methyl/N-ethyl adjacent to an activating group) is 1. The first-order valence-corrected chi connectivity index (χ1v) is 14.1. The lowest BCUT2D eigenvalue weighted by Gasteiger charge is -2.31. The number of nitrogens with zero attached hydrogens (tertiary/aromatic N) is 3. The van der Waals surface area contributed by atoms with Gasteiger partial charge in [0.2, 0.25) is 17.7 Å².